The molecule has 2 nitrogen and oxygen atoms in total. The van der Waals surface area contributed by atoms with Crippen molar-refractivity contribution in [1.82, 2.24) is 0 Å². The summed E-state index contributed by atoms with van der Waals surface area (Å²) in [5, 5.41) is 11.5. The lowest BCUT2D eigenvalue weighted by molar-refractivity contribution is 0.309. The van der Waals surface area contributed by atoms with Gasteiger partial charge >= 0.3 is 0 Å². The van der Waals surface area contributed by atoms with E-state index in [9.17, 15) is 0 Å². The molecule has 1 aromatic carbocycles. The molecule has 0 aliphatic rings. The first-order valence-corrected chi connectivity index (χ1v) is 7.57. The number of aryl methyl sites for hydroxylation is 1. The van der Waals surface area contributed by atoms with Crippen LogP contribution in [0.15, 0.2) is 29.6 Å². The third kappa shape index (κ3) is 3.77. The number of benzene rings is 1. The van der Waals surface area contributed by atoms with E-state index in [4.69, 9.17) is 21.4 Å². The summed E-state index contributed by atoms with van der Waals surface area (Å²) in [5.41, 5.74) is 1.99. The molecule has 0 amide bonds. The van der Waals surface area contributed by atoms with Gasteiger partial charge in [-0.3, -0.25) is 0 Å². The quantitative estimate of drug-likeness (QED) is 0.869. The van der Waals surface area contributed by atoms with Crippen molar-refractivity contribution in [3.63, 3.8) is 0 Å². The predicted octanol–water partition coefficient (Wildman–Crippen LogP) is 3.89. The van der Waals surface area contributed by atoms with Gasteiger partial charge in [0, 0.05) is 10.6 Å². The maximum absolute atomic E-state index is 8.73. The summed E-state index contributed by atoms with van der Waals surface area (Å²) < 4.78 is 5.79. The van der Waals surface area contributed by atoms with Gasteiger partial charge in [0.25, 0.3) is 0 Å². The van der Waals surface area contributed by atoms with E-state index in [2.05, 4.69) is 18.8 Å². The maximum atomic E-state index is 8.73. The molecule has 1 N–H and O–H groups in total. The summed E-state index contributed by atoms with van der Waals surface area (Å²) >= 11 is 7.68. The van der Waals surface area contributed by atoms with Crippen LogP contribution in [-0.4, -0.2) is 11.7 Å². The molecule has 0 bridgehead atoms. The SMILES string of the molecule is CCc1cc(OCc2sccc2C#CCO)ccc1Cl. The molecule has 0 radical (unpaired) electrons. The first-order valence-electron chi connectivity index (χ1n) is 6.32. The van der Waals surface area contributed by atoms with Gasteiger partial charge in [-0.1, -0.05) is 30.4 Å². The Hall–Kier alpha value is -1.47. The lowest BCUT2D eigenvalue weighted by atomic mass is 10.1. The highest BCUT2D eigenvalue weighted by Gasteiger charge is 2.05. The van der Waals surface area contributed by atoms with Gasteiger partial charge in [-0.25, -0.2) is 0 Å². The Kier molecular flexibility index (Phi) is 5.49. The fourth-order valence-electron chi connectivity index (χ4n) is 1.76. The van der Waals surface area contributed by atoms with E-state index in [1.54, 1.807) is 11.3 Å². The van der Waals surface area contributed by atoms with Gasteiger partial charge in [0.15, 0.2) is 0 Å². The number of ether oxygens (including phenoxy) is 1. The number of aliphatic hydroxyl groups is 1. The summed E-state index contributed by atoms with van der Waals surface area (Å²) in [6.07, 6.45) is 0.877. The molecule has 0 fully saturated rings. The zero-order valence-corrected chi connectivity index (χ0v) is 12.7. The minimum absolute atomic E-state index is 0.132. The molecule has 1 aromatic heterocycles. The molecule has 20 heavy (non-hydrogen) atoms. The molecule has 0 saturated carbocycles. The fraction of sp³-hybridized carbons (Fsp3) is 0.250. The third-order valence-corrected chi connectivity index (χ3v) is 4.08. The highest BCUT2D eigenvalue weighted by molar-refractivity contribution is 7.10. The molecule has 104 valence electrons. The van der Waals surface area contributed by atoms with Gasteiger partial charge in [0.1, 0.15) is 19.0 Å². The van der Waals surface area contributed by atoms with Gasteiger partial charge in [-0.15, -0.1) is 11.3 Å². The van der Waals surface area contributed by atoms with Crippen molar-refractivity contribution in [3.8, 4) is 17.6 Å². The Morgan fingerprint density at radius 1 is 1.35 bits per heavy atom. The average molecular weight is 307 g/mol. The highest BCUT2D eigenvalue weighted by atomic mass is 35.5. The van der Waals surface area contributed by atoms with Crippen molar-refractivity contribution in [2.45, 2.75) is 20.0 Å². The minimum atomic E-state index is -0.132. The Morgan fingerprint density at radius 2 is 2.20 bits per heavy atom. The molecule has 0 spiro atoms. The second-order valence-corrected chi connectivity index (χ2v) is 5.52. The molecule has 2 aromatic rings. The second kappa shape index (κ2) is 7.35. The van der Waals surface area contributed by atoms with Crippen LogP contribution in [0.4, 0.5) is 0 Å². The number of hydrogen-bond acceptors (Lipinski definition) is 3. The van der Waals surface area contributed by atoms with E-state index >= 15 is 0 Å². The molecule has 0 saturated heterocycles. The molecule has 4 heteroatoms. The Morgan fingerprint density at radius 3 is 2.95 bits per heavy atom. The lowest BCUT2D eigenvalue weighted by Gasteiger charge is -2.08. The van der Waals surface area contributed by atoms with Crippen molar-refractivity contribution in [2.24, 2.45) is 0 Å². The van der Waals surface area contributed by atoms with Crippen molar-refractivity contribution < 1.29 is 9.84 Å². The van der Waals surface area contributed by atoms with Crippen LogP contribution in [0.3, 0.4) is 0 Å². The van der Waals surface area contributed by atoms with Crippen LogP contribution in [0, 0.1) is 11.8 Å². The van der Waals surface area contributed by atoms with E-state index in [0.29, 0.717) is 6.61 Å². The van der Waals surface area contributed by atoms with E-state index in [0.717, 1.165) is 33.2 Å². The van der Waals surface area contributed by atoms with Gasteiger partial charge in [-0.2, -0.15) is 0 Å². The zero-order chi connectivity index (χ0) is 14.4. The lowest BCUT2D eigenvalue weighted by Crippen LogP contribution is -1.96. The zero-order valence-electron chi connectivity index (χ0n) is 11.1. The molecule has 0 atom stereocenters. The summed E-state index contributed by atoms with van der Waals surface area (Å²) in [7, 11) is 0. The molecule has 0 unspecified atom stereocenters. The maximum Gasteiger partial charge on any atom is 0.124 e. The molecule has 2 rings (SSSR count). The fourth-order valence-corrected chi connectivity index (χ4v) is 2.75. The van der Waals surface area contributed by atoms with Crippen LogP contribution in [-0.2, 0) is 13.0 Å². The standard InChI is InChI=1S/C16H15ClO2S/c1-2-12-10-14(5-6-15(12)17)19-11-16-13(4-3-8-18)7-9-20-16/h5-7,9-10,18H,2,8,11H2,1H3. The minimum Gasteiger partial charge on any atom is -0.488 e. The van der Waals surface area contributed by atoms with E-state index < -0.39 is 0 Å². The van der Waals surface area contributed by atoms with Crippen LogP contribution in [0.1, 0.15) is 22.9 Å². The van der Waals surface area contributed by atoms with Crippen LogP contribution in [0.5, 0.6) is 5.75 Å². The number of rotatable bonds is 4. The van der Waals surface area contributed by atoms with Crippen LogP contribution in [0.25, 0.3) is 0 Å². The Labute approximate surface area is 128 Å². The summed E-state index contributed by atoms with van der Waals surface area (Å²) in [6.45, 7) is 2.40. The van der Waals surface area contributed by atoms with E-state index in [1.807, 2.05) is 29.6 Å². The molecule has 0 aliphatic carbocycles. The smallest absolute Gasteiger partial charge is 0.124 e. The number of hydrogen-bond donors (Lipinski definition) is 1. The van der Waals surface area contributed by atoms with Crippen LogP contribution >= 0.6 is 22.9 Å². The van der Waals surface area contributed by atoms with Crippen LogP contribution < -0.4 is 4.74 Å². The highest BCUT2D eigenvalue weighted by Crippen LogP contribution is 2.24. The van der Waals surface area contributed by atoms with Gasteiger partial charge in [0.05, 0.1) is 4.88 Å². The Bertz CT molecular complexity index is 637. The summed E-state index contributed by atoms with van der Waals surface area (Å²) in [5.74, 6) is 6.38. The summed E-state index contributed by atoms with van der Waals surface area (Å²) in [6, 6.07) is 7.63. The van der Waals surface area contributed by atoms with Crippen molar-refractivity contribution in [1.29, 1.82) is 0 Å². The first kappa shape index (κ1) is 14.9. The van der Waals surface area contributed by atoms with Gasteiger partial charge < -0.3 is 9.84 Å². The third-order valence-electron chi connectivity index (χ3n) is 2.82. The normalized spacial score (nSPS) is 9.95. The van der Waals surface area contributed by atoms with Gasteiger partial charge in [-0.05, 0) is 41.6 Å². The molecule has 1 heterocycles. The van der Waals surface area contributed by atoms with Gasteiger partial charge in [0.2, 0.25) is 0 Å². The number of halogens is 1. The number of aliphatic hydroxyl groups excluding tert-OH is 1. The monoisotopic (exact) mass is 306 g/mol. The van der Waals surface area contributed by atoms with Crippen molar-refractivity contribution in [2.75, 3.05) is 6.61 Å². The molecular weight excluding hydrogens is 292 g/mol. The number of thiophene rings is 1. The van der Waals surface area contributed by atoms with Crippen LogP contribution in [0.2, 0.25) is 5.02 Å². The second-order valence-electron chi connectivity index (χ2n) is 4.11. The van der Waals surface area contributed by atoms with Crippen molar-refractivity contribution in [3.05, 3.63) is 50.7 Å². The molecular formula is C16H15ClO2S. The largest absolute Gasteiger partial charge is 0.488 e. The topological polar surface area (TPSA) is 29.5 Å². The Balaban J connectivity index is 2.07. The first-order chi connectivity index (χ1) is 9.74. The molecule has 0 aliphatic heterocycles. The van der Waals surface area contributed by atoms with Crippen molar-refractivity contribution >= 4 is 22.9 Å². The van der Waals surface area contributed by atoms with E-state index in [-0.39, 0.29) is 6.61 Å². The summed E-state index contributed by atoms with van der Waals surface area (Å²) in [4.78, 5) is 1.05. The predicted molar refractivity (Wildman–Crippen MR) is 83.4 cm³/mol. The average Bonchev–Trinajstić information content (AvgIpc) is 2.91. The van der Waals surface area contributed by atoms with E-state index in [1.165, 1.54) is 0 Å².